The highest BCUT2D eigenvalue weighted by Gasteiger charge is 2.36. The summed E-state index contributed by atoms with van der Waals surface area (Å²) < 4.78 is 40.0. The van der Waals surface area contributed by atoms with Gasteiger partial charge in [-0.3, -0.25) is 18.6 Å². The molecule has 0 radical (unpaired) electrons. The van der Waals surface area contributed by atoms with Crippen LogP contribution in [-0.4, -0.2) is 87.1 Å². The molecule has 0 bridgehead atoms. The van der Waals surface area contributed by atoms with E-state index in [9.17, 15) is 19.0 Å². The molecule has 0 amide bonds. The van der Waals surface area contributed by atoms with Gasteiger partial charge in [0.15, 0.2) is 6.10 Å². The molecule has 1 saturated heterocycles. The lowest BCUT2D eigenvalue weighted by molar-refractivity contribution is -0.870. The highest BCUT2D eigenvalue weighted by Crippen LogP contribution is 2.43. The predicted molar refractivity (Wildman–Crippen MR) is 215 cm³/mol. The maximum atomic E-state index is 12.7. The Labute approximate surface area is 324 Å². The summed E-state index contributed by atoms with van der Waals surface area (Å²) in [7, 11) is 1.47. The van der Waals surface area contributed by atoms with E-state index in [4.69, 9.17) is 23.3 Å². The van der Waals surface area contributed by atoms with Crippen molar-refractivity contribution < 1.29 is 46.8 Å². The summed E-state index contributed by atoms with van der Waals surface area (Å²) in [5.41, 5.74) is 0. The van der Waals surface area contributed by atoms with Crippen molar-refractivity contribution in [3.8, 4) is 0 Å². The van der Waals surface area contributed by atoms with E-state index in [2.05, 4.69) is 26.0 Å². The minimum Gasteiger partial charge on any atom is -0.462 e. The summed E-state index contributed by atoms with van der Waals surface area (Å²) in [4.78, 5) is 35.3. The second-order valence-electron chi connectivity index (χ2n) is 16.1. The molecule has 1 fully saturated rings. The molecule has 0 aromatic heterocycles. The van der Waals surface area contributed by atoms with Crippen molar-refractivity contribution in [1.82, 2.24) is 0 Å². The fourth-order valence-corrected chi connectivity index (χ4v) is 6.94. The van der Waals surface area contributed by atoms with E-state index >= 15 is 0 Å². The molecule has 53 heavy (non-hydrogen) atoms. The largest absolute Gasteiger partial charge is 0.472 e. The summed E-state index contributed by atoms with van der Waals surface area (Å²) in [5, 5.41) is 0. The molecule has 0 aliphatic carbocycles. The number of hydrogen-bond acceptors (Lipinski definition) is 8. The number of likely N-dealkylation sites (N-methyl/N-ethyl adjacent to an activating group) is 1. The predicted octanol–water partition coefficient (Wildman–Crippen LogP) is 10.8. The van der Waals surface area contributed by atoms with Crippen molar-refractivity contribution in [3.63, 3.8) is 0 Å². The Balaban J connectivity index is 2.28. The Morgan fingerprint density at radius 1 is 0.679 bits per heavy atom. The van der Waals surface area contributed by atoms with Gasteiger partial charge in [0.05, 0.1) is 40.0 Å². The minimum atomic E-state index is -4.37. The molecule has 11 heteroatoms. The average Bonchev–Trinajstić information content (AvgIpc) is 3.86. The number of hydrogen-bond donors (Lipinski definition) is 1. The van der Waals surface area contributed by atoms with E-state index in [-0.39, 0.29) is 32.0 Å². The number of nitrogens with zero attached hydrogens (tertiary/aromatic N) is 1. The van der Waals surface area contributed by atoms with Crippen LogP contribution in [0.4, 0.5) is 0 Å². The van der Waals surface area contributed by atoms with Crippen molar-refractivity contribution in [2.75, 3.05) is 47.5 Å². The fraction of sp³-hybridized carbons (Fsp3) is 0.905. The Morgan fingerprint density at radius 2 is 1.21 bits per heavy atom. The van der Waals surface area contributed by atoms with Gasteiger partial charge in [-0.15, -0.1) is 0 Å². The fourth-order valence-electron chi connectivity index (χ4n) is 6.20. The van der Waals surface area contributed by atoms with Gasteiger partial charge in [-0.2, -0.15) is 0 Å². The van der Waals surface area contributed by atoms with E-state index < -0.39 is 26.5 Å². The number of esters is 2. The minimum absolute atomic E-state index is 0.0297. The Kier molecular flexibility index (Phi) is 29.9. The lowest BCUT2D eigenvalue weighted by Gasteiger charge is -2.24. The van der Waals surface area contributed by atoms with Gasteiger partial charge in [0, 0.05) is 12.8 Å². The van der Waals surface area contributed by atoms with Crippen LogP contribution in [0.1, 0.15) is 181 Å². The second kappa shape index (κ2) is 31.9. The third-order valence-electron chi connectivity index (χ3n) is 9.72. The topological polar surface area (TPSA) is 121 Å². The SMILES string of the molecule is CCCCCCCCCCCCCCCC(=O)O[C@H](COC(=O)CCCCCCC/C=C\CC1OC1CCCCC)COP(=O)(O)OCC[N+](C)(C)C. The van der Waals surface area contributed by atoms with Crippen molar-refractivity contribution in [2.24, 2.45) is 0 Å². The quantitative estimate of drug-likeness (QED) is 0.0163. The number of ether oxygens (including phenoxy) is 3. The van der Waals surface area contributed by atoms with Crippen LogP contribution in [0.3, 0.4) is 0 Å². The van der Waals surface area contributed by atoms with Crippen molar-refractivity contribution in [1.29, 1.82) is 0 Å². The van der Waals surface area contributed by atoms with Gasteiger partial charge < -0.3 is 23.6 Å². The molecule has 0 saturated carbocycles. The van der Waals surface area contributed by atoms with Crippen LogP contribution in [0, 0.1) is 0 Å². The van der Waals surface area contributed by atoms with E-state index in [0.29, 0.717) is 29.7 Å². The molecule has 10 nitrogen and oxygen atoms in total. The maximum Gasteiger partial charge on any atom is 0.472 e. The van der Waals surface area contributed by atoms with E-state index in [1.807, 2.05) is 21.1 Å². The van der Waals surface area contributed by atoms with Crippen LogP contribution in [0.2, 0.25) is 0 Å². The first kappa shape index (κ1) is 49.7. The number of carbonyl (C=O) groups excluding carboxylic acids is 2. The summed E-state index contributed by atoms with van der Waals surface area (Å²) in [6, 6.07) is 0. The molecule has 0 aromatic carbocycles. The van der Waals surface area contributed by atoms with Crippen LogP contribution in [0.5, 0.6) is 0 Å². The van der Waals surface area contributed by atoms with Crippen molar-refractivity contribution in [2.45, 2.75) is 199 Å². The molecular formula is C42H81NO9P+. The van der Waals surface area contributed by atoms with E-state index in [1.165, 1.54) is 89.9 Å². The first-order chi connectivity index (χ1) is 25.5. The normalized spacial score (nSPS) is 17.5. The van der Waals surface area contributed by atoms with Gasteiger partial charge >= 0.3 is 19.8 Å². The molecule has 1 rings (SSSR count). The molecule has 1 N–H and O–H groups in total. The first-order valence-electron chi connectivity index (χ1n) is 21.5. The third-order valence-corrected chi connectivity index (χ3v) is 10.7. The molecule has 1 heterocycles. The van der Waals surface area contributed by atoms with Crippen LogP contribution < -0.4 is 0 Å². The van der Waals surface area contributed by atoms with E-state index in [0.717, 1.165) is 57.8 Å². The number of quaternary nitrogens is 1. The van der Waals surface area contributed by atoms with Crippen molar-refractivity contribution in [3.05, 3.63) is 12.2 Å². The molecule has 0 aromatic rings. The zero-order valence-corrected chi connectivity index (χ0v) is 35.6. The van der Waals surface area contributed by atoms with Crippen LogP contribution >= 0.6 is 7.82 Å². The summed E-state index contributed by atoms with van der Waals surface area (Å²) in [6.45, 7) is 4.37. The number of unbranched alkanes of at least 4 members (excludes halogenated alkanes) is 19. The Morgan fingerprint density at radius 3 is 1.79 bits per heavy atom. The second-order valence-corrected chi connectivity index (χ2v) is 17.6. The lowest BCUT2D eigenvalue weighted by atomic mass is 10.0. The molecular weight excluding hydrogens is 693 g/mol. The zero-order valence-electron chi connectivity index (χ0n) is 34.7. The summed E-state index contributed by atoms with van der Waals surface area (Å²) in [5.74, 6) is -0.814. The van der Waals surface area contributed by atoms with Gasteiger partial charge in [-0.05, 0) is 38.5 Å². The zero-order chi connectivity index (χ0) is 39.0. The molecule has 4 atom stereocenters. The first-order valence-corrected chi connectivity index (χ1v) is 23.0. The van der Waals surface area contributed by atoms with Crippen LogP contribution in [-0.2, 0) is 37.4 Å². The van der Waals surface area contributed by atoms with Gasteiger partial charge in [-0.1, -0.05) is 142 Å². The summed E-state index contributed by atoms with van der Waals surface area (Å²) >= 11 is 0. The number of phosphoric acid groups is 1. The van der Waals surface area contributed by atoms with Crippen LogP contribution in [0.15, 0.2) is 12.2 Å². The average molecular weight is 775 g/mol. The molecule has 1 aliphatic rings. The van der Waals surface area contributed by atoms with Gasteiger partial charge in [0.2, 0.25) is 0 Å². The number of rotatable bonds is 38. The summed E-state index contributed by atoms with van der Waals surface area (Å²) in [6.07, 6.45) is 32.8. The van der Waals surface area contributed by atoms with Gasteiger partial charge in [0.1, 0.15) is 19.8 Å². The maximum absolute atomic E-state index is 12.7. The third kappa shape index (κ3) is 32.6. The number of phosphoric ester groups is 1. The van der Waals surface area contributed by atoms with Gasteiger partial charge in [0.25, 0.3) is 0 Å². The number of epoxide rings is 1. The standard InChI is InChI=1S/C42H80NO9P/c1-6-8-10-11-12-13-14-15-16-17-22-25-29-33-42(45)51-38(37-50-53(46,47)49-35-34-43(3,4)5)36-48-41(44)32-28-24-21-19-18-20-23-27-31-40-39(52-40)30-26-9-7-2/h23,27,38-40H,6-22,24-26,28-37H2,1-5H3/p+1/b27-23-/t38-,39?,40?/m1/s1. The van der Waals surface area contributed by atoms with Crippen LogP contribution in [0.25, 0.3) is 0 Å². The lowest BCUT2D eigenvalue weighted by Crippen LogP contribution is -2.37. The number of allylic oxidation sites excluding steroid dienone is 1. The smallest absolute Gasteiger partial charge is 0.462 e. The van der Waals surface area contributed by atoms with Crippen molar-refractivity contribution >= 4 is 19.8 Å². The van der Waals surface area contributed by atoms with Gasteiger partial charge in [-0.25, -0.2) is 4.57 Å². The Bertz CT molecular complexity index is 986. The Hall–Kier alpha value is -1.29. The number of carbonyl (C=O) groups is 2. The molecule has 312 valence electrons. The molecule has 3 unspecified atom stereocenters. The highest BCUT2D eigenvalue weighted by molar-refractivity contribution is 7.47. The highest BCUT2D eigenvalue weighted by atomic mass is 31.2. The monoisotopic (exact) mass is 775 g/mol. The molecule has 1 aliphatic heterocycles. The molecule has 0 spiro atoms. The van der Waals surface area contributed by atoms with E-state index in [1.54, 1.807) is 0 Å².